The fourth-order valence-electron chi connectivity index (χ4n) is 4.81. The van der Waals surface area contributed by atoms with E-state index in [1.165, 1.54) is 6.33 Å². The first-order valence-electron chi connectivity index (χ1n) is 10.4. The molecule has 3 aromatic heterocycles. The lowest BCUT2D eigenvalue weighted by molar-refractivity contribution is -0.103. The van der Waals surface area contributed by atoms with Crippen molar-refractivity contribution in [1.82, 2.24) is 19.5 Å². The summed E-state index contributed by atoms with van der Waals surface area (Å²) in [7, 11) is 0. The Morgan fingerprint density at radius 1 is 1.12 bits per heavy atom. The highest BCUT2D eigenvalue weighted by molar-refractivity contribution is 9.10. The smallest absolute Gasteiger partial charge is 0.164 e. The molecule has 0 radical (unpaired) electrons. The van der Waals surface area contributed by atoms with Crippen molar-refractivity contribution in [3.05, 3.63) is 52.9 Å². The van der Waals surface area contributed by atoms with Crippen LogP contribution < -0.4 is 11.5 Å². The van der Waals surface area contributed by atoms with E-state index >= 15 is 0 Å². The summed E-state index contributed by atoms with van der Waals surface area (Å²) >= 11 is 3.40. The molecule has 0 unspecified atom stereocenters. The number of pyridine rings is 1. The summed E-state index contributed by atoms with van der Waals surface area (Å²) in [6.45, 7) is 0.136. The van der Waals surface area contributed by atoms with Crippen LogP contribution in [0.4, 0.5) is 11.6 Å². The van der Waals surface area contributed by atoms with E-state index in [0.717, 1.165) is 20.9 Å². The molecule has 5 heterocycles. The molecule has 33 heavy (non-hydrogen) atoms. The Kier molecular flexibility index (Phi) is 4.61. The number of aliphatic hydroxyl groups is 2. The summed E-state index contributed by atoms with van der Waals surface area (Å²) in [5.74, 6) is 0.746. The normalized spacial score (nSPS) is 29.5. The molecule has 1 aromatic carbocycles. The number of nitrogens with zero attached hydrogens (tertiary/aromatic N) is 4. The number of hydrogen-bond donors (Lipinski definition) is 4. The van der Waals surface area contributed by atoms with E-state index in [1.54, 1.807) is 16.8 Å². The number of halogens is 1. The number of benzene rings is 1. The van der Waals surface area contributed by atoms with Gasteiger partial charge >= 0.3 is 0 Å². The summed E-state index contributed by atoms with van der Waals surface area (Å²) in [5.41, 5.74) is 13.0. The van der Waals surface area contributed by atoms with E-state index in [0.29, 0.717) is 29.1 Å². The van der Waals surface area contributed by atoms with E-state index in [9.17, 15) is 10.2 Å². The van der Waals surface area contributed by atoms with Gasteiger partial charge in [0.2, 0.25) is 0 Å². The number of nitrogens with two attached hydrogens (primary N) is 2. The molecule has 4 aromatic rings. The maximum absolute atomic E-state index is 11.0. The Morgan fingerprint density at radius 3 is 2.82 bits per heavy atom. The highest BCUT2D eigenvalue weighted by Crippen LogP contribution is 2.48. The minimum Gasteiger partial charge on any atom is -0.387 e. The average molecular weight is 513 g/mol. The zero-order chi connectivity index (χ0) is 22.9. The number of aromatic nitrogens is 4. The van der Waals surface area contributed by atoms with Gasteiger partial charge in [-0.1, -0.05) is 12.1 Å². The largest absolute Gasteiger partial charge is 0.387 e. The predicted octanol–water partition coefficient (Wildman–Crippen LogP) is 2.06. The topological polar surface area (TPSA) is 155 Å². The molecule has 2 aliphatic rings. The molecule has 0 aliphatic carbocycles. The van der Waals surface area contributed by atoms with Crippen molar-refractivity contribution in [2.75, 3.05) is 18.1 Å². The molecule has 2 fully saturated rings. The zero-order valence-electron chi connectivity index (χ0n) is 17.3. The molecule has 0 saturated carbocycles. The summed E-state index contributed by atoms with van der Waals surface area (Å²) in [6, 6.07) is 9.52. The monoisotopic (exact) mass is 512 g/mol. The van der Waals surface area contributed by atoms with Crippen molar-refractivity contribution in [2.45, 2.75) is 36.6 Å². The molecular weight excluding hydrogens is 492 g/mol. The van der Waals surface area contributed by atoms with E-state index < -0.39 is 24.0 Å². The maximum atomic E-state index is 11.0. The number of rotatable bonds is 2. The van der Waals surface area contributed by atoms with Crippen LogP contribution >= 0.6 is 15.9 Å². The van der Waals surface area contributed by atoms with Crippen LogP contribution in [0.1, 0.15) is 24.3 Å². The third-order valence-corrected chi connectivity index (χ3v) is 7.21. The first-order chi connectivity index (χ1) is 15.9. The molecule has 11 heteroatoms. The number of aliphatic hydroxyl groups excluding tert-OH is 2. The van der Waals surface area contributed by atoms with E-state index in [4.69, 9.17) is 20.9 Å². The molecule has 1 spiro atoms. The fourth-order valence-corrected chi connectivity index (χ4v) is 5.15. The Morgan fingerprint density at radius 2 is 1.97 bits per heavy atom. The van der Waals surface area contributed by atoms with Crippen LogP contribution in [0.15, 0.2) is 47.3 Å². The third-order valence-electron chi connectivity index (χ3n) is 6.58. The Hall–Kier alpha value is -2.83. The quantitative estimate of drug-likeness (QED) is 0.315. The van der Waals surface area contributed by atoms with Crippen molar-refractivity contribution in [3.8, 4) is 0 Å². The first kappa shape index (κ1) is 20.8. The molecule has 2 aliphatic heterocycles. The van der Waals surface area contributed by atoms with E-state index in [-0.39, 0.29) is 12.7 Å². The molecule has 0 amide bonds. The summed E-state index contributed by atoms with van der Waals surface area (Å²) in [6.07, 6.45) is -0.0416. The standard InChI is InChI=1S/C22H21BrN6O4/c23-13-5-10-1-2-11(6-14(10)28-19(13)25)15-7-22(8-32-15)17(31)16(30)21(33-22)29-4-3-12-18(24)26-9-27-20(12)29/h1-6,9,15-17,21,30-31H,7-8H2,(H2,25,28)(H2,24,26,27)/t15-,16+,17-,21+,22-/m0/s1. The van der Waals surface area contributed by atoms with Gasteiger partial charge < -0.3 is 35.7 Å². The van der Waals surface area contributed by atoms with Gasteiger partial charge in [-0.05, 0) is 39.7 Å². The van der Waals surface area contributed by atoms with Gasteiger partial charge in [0.05, 0.1) is 28.1 Å². The van der Waals surface area contributed by atoms with Gasteiger partial charge in [-0.25, -0.2) is 15.0 Å². The van der Waals surface area contributed by atoms with E-state index in [2.05, 4.69) is 30.9 Å². The summed E-state index contributed by atoms with van der Waals surface area (Å²) < 4.78 is 14.8. The lowest BCUT2D eigenvalue weighted by Crippen LogP contribution is -2.43. The van der Waals surface area contributed by atoms with Gasteiger partial charge in [-0.2, -0.15) is 0 Å². The lowest BCUT2D eigenvalue weighted by atomic mass is 9.90. The van der Waals surface area contributed by atoms with Gasteiger partial charge in [0.1, 0.15) is 41.4 Å². The van der Waals surface area contributed by atoms with Crippen molar-refractivity contribution in [3.63, 3.8) is 0 Å². The van der Waals surface area contributed by atoms with Crippen LogP contribution in [0.5, 0.6) is 0 Å². The molecule has 0 bridgehead atoms. The minimum absolute atomic E-state index is 0.136. The van der Waals surface area contributed by atoms with E-state index in [1.807, 2.05) is 24.3 Å². The third kappa shape index (κ3) is 3.11. The summed E-state index contributed by atoms with van der Waals surface area (Å²) in [5, 5.41) is 23.5. The molecular formula is C22H21BrN6O4. The number of hydrogen-bond acceptors (Lipinski definition) is 9. The van der Waals surface area contributed by atoms with Gasteiger partial charge in [0.15, 0.2) is 6.23 Å². The number of nitrogen functional groups attached to an aromatic ring is 2. The van der Waals surface area contributed by atoms with Crippen molar-refractivity contribution < 1.29 is 19.7 Å². The highest BCUT2D eigenvalue weighted by atomic mass is 79.9. The number of ether oxygens (including phenoxy) is 2. The van der Waals surface area contributed by atoms with Crippen molar-refractivity contribution in [1.29, 1.82) is 0 Å². The number of fused-ring (bicyclic) bond motifs is 2. The Labute approximate surface area is 196 Å². The van der Waals surface area contributed by atoms with Crippen molar-refractivity contribution >= 4 is 49.5 Å². The van der Waals surface area contributed by atoms with Gasteiger partial charge in [-0.15, -0.1) is 0 Å². The van der Waals surface area contributed by atoms with Gasteiger partial charge in [0, 0.05) is 18.0 Å². The second-order valence-electron chi connectivity index (χ2n) is 8.54. The zero-order valence-corrected chi connectivity index (χ0v) is 18.9. The van der Waals surface area contributed by atoms with Crippen LogP contribution in [0.3, 0.4) is 0 Å². The molecule has 170 valence electrons. The van der Waals surface area contributed by atoms with Crippen LogP contribution in [0.2, 0.25) is 0 Å². The Balaban J connectivity index is 1.30. The van der Waals surface area contributed by atoms with Gasteiger partial charge in [-0.3, -0.25) is 0 Å². The maximum Gasteiger partial charge on any atom is 0.164 e. The Bertz CT molecular complexity index is 1400. The second-order valence-corrected chi connectivity index (χ2v) is 9.39. The van der Waals surface area contributed by atoms with Crippen LogP contribution in [0.25, 0.3) is 21.9 Å². The minimum atomic E-state index is -1.17. The SMILES string of the molecule is Nc1nc2cc([C@@H]3C[C@@]4(CO3)O[C@@H](n3ccc5c(N)ncnc53)[C@H](O)[C@@H]4O)ccc2cc1Br. The van der Waals surface area contributed by atoms with Crippen LogP contribution in [-0.4, -0.2) is 54.1 Å². The first-order valence-corrected chi connectivity index (χ1v) is 11.2. The molecule has 10 nitrogen and oxygen atoms in total. The lowest BCUT2D eigenvalue weighted by Gasteiger charge is -2.25. The molecule has 5 atom stereocenters. The van der Waals surface area contributed by atoms with Crippen LogP contribution in [-0.2, 0) is 9.47 Å². The number of anilines is 2. The van der Waals surface area contributed by atoms with Crippen molar-refractivity contribution in [2.24, 2.45) is 0 Å². The molecule has 6 N–H and O–H groups in total. The van der Waals surface area contributed by atoms with Gasteiger partial charge in [0.25, 0.3) is 0 Å². The summed E-state index contributed by atoms with van der Waals surface area (Å²) in [4.78, 5) is 12.7. The molecule has 2 saturated heterocycles. The average Bonchev–Trinajstić information content (AvgIpc) is 3.48. The predicted molar refractivity (Wildman–Crippen MR) is 124 cm³/mol. The fraction of sp³-hybridized carbons (Fsp3) is 0.318. The second kappa shape index (κ2) is 7.34. The highest BCUT2D eigenvalue weighted by Gasteiger charge is 2.59. The van der Waals surface area contributed by atoms with Crippen LogP contribution in [0, 0.1) is 0 Å². The molecule has 6 rings (SSSR count).